The van der Waals surface area contributed by atoms with Gasteiger partial charge in [0.1, 0.15) is 0 Å². The molecule has 44 valence electrons. The third kappa shape index (κ3) is 0.521. The van der Waals surface area contributed by atoms with Gasteiger partial charge in [0.15, 0.2) is 0 Å². The average molecular weight is 108 g/mol. The van der Waals surface area contributed by atoms with E-state index in [1.165, 1.54) is 19.3 Å². The largest absolute Gasteiger partial charge is 0.0853 e. The van der Waals surface area contributed by atoms with E-state index in [1.54, 1.807) is 5.57 Å². The van der Waals surface area contributed by atoms with Gasteiger partial charge in [0.25, 0.3) is 0 Å². The van der Waals surface area contributed by atoms with Crippen LogP contribution in [-0.2, 0) is 0 Å². The maximum Gasteiger partial charge on any atom is -0.0174 e. The highest BCUT2D eigenvalue weighted by Crippen LogP contribution is 2.49. The average Bonchev–Trinajstić information content (AvgIpc) is 2.45. The van der Waals surface area contributed by atoms with Gasteiger partial charge in [-0.25, -0.2) is 0 Å². The molecule has 2 aliphatic carbocycles. The SMILES string of the molecule is CC1=CCC[C@@H]2CC12. The topological polar surface area (TPSA) is 0 Å². The van der Waals surface area contributed by atoms with Crippen molar-refractivity contribution >= 4 is 0 Å². The Morgan fingerprint density at radius 1 is 1.62 bits per heavy atom. The van der Waals surface area contributed by atoms with Crippen molar-refractivity contribution in [3.8, 4) is 0 Å². The number of hydrogen-bond acceptors (Lipinski definition) is 0. The van der Waals surface area contributed by atoms with E-state index in [-0.39, 0.29) is 0 Å². The summed E-state index contributed by atoms with van der Waals surface area (Å²) in [5.41, 5.74) is 1.67. The minimum Gasteiger partial charge on any atom is -0.0853 e. The predicted octanol–water partition coefficient (Wildman–Crippen LogP) is 2.36. The molecule has 2 aliphatic rings. The van der Waals surface area contributed by atoms with Crippen molar-refractivity contribution in [1.82, 2.24) is 0 Å². The summed E-state index contributed by atoms with van der Waals surface area (Å²) in [6.07, 6.45) is 6.74. The van der Waals surface area contributed by atoms with E-state index < -0.39 is 0 Å². The first-order valence-corrected chi connectivity index (χ1v) is 3.54. The van der Waals surface area contributed by atoms with Crippen molar-refractivity contribution in [2.75, 3.05) is 0 Å². The second-order valence-electron chi connectivity index (χ2n) is 3.13. The molecule has 0 heterocycles. The summed E-state index contributed by atoms with van der Waals surface area (Å²) >= 11 is 0. The van der Waals surface area contributed by atoms with Crippen molar-refractivity contribution in [3.05, 3.63) is 11.6 Å². The van der Waals surface area contributed by atoms with Crippen LogP contribution in [0.2, 0.25) is 0 Å². The number of rotatable bonds is 0. The van der Waals surface area contributed by atoms with Crippen LogP contribution < -0.4 is 0 Å². The van der Waals surface area contributed by atoms with Crippen molar-refractivity contribution in [1.29, 1.82) is 0 Å². The zero-order chi connectivity index (χ0) is 5.56. The summed E-state index contributed by atoms with van der Waals surface area (Å²) in [6, 6.07) is 0. The molecule has 0 heteroatoms. The summed E-state index contributed by atoms with van der Waals surface area (Å²) in [5, 5.41) is 0. The molecule has 0 nitrogen and oxygen atoms in total. The molecule has 2 atom stereocenters. The van der Waals surface area contributed by atoms with Gasteiger partial charge in [-0.1, -0.05) is 11.6 Å². The predicted molar refractivity (Wildman–Crippen MR) is 34.6 cm³/mol. The number of allylic oxidation sites excluding steroid dienone is 2. The lowest BCUT2D eigenvalue weighted by molar-refractivity contribution is 0.660. The molecule has 0 aliphatic heterocycles. The van der Waals surface area contributed by atoms with Crippen LogP contribution in [0.1, 0.15) is 26.2 Å². The van der Waals surface area contributed by atoms with Gasteiger partial charge in [-0.05, 0) is 38.0 Å². The molecule has 8 heavy (non-hydrogen) atoms. The lowest BCUT2D eigenvalue weighted by atomic mass is 10.0. The molecular formula is C8H12. The Kier molecular flexibility index (Phi) is 0.787. The lowest BCUT2D eigenvalue weighted by Crippen LogP contribution is -1.90. The molecule has 0 bridgehead atoms. The standard InChI is InChI=1S/C8H12/c1-6-3-2-4-7-5-8(6)7/h3,7-8H,2,4-5H2,1H3/t7-,8?/m1/s1. The lowest BCUT2D eigenvalue weighted by Gasteiger charge is -2.04. The zero-order valence-electron chi connectivity index (χ0n) is 5.35. The van der Waals surface area contributed by atoms with Gasteiger partial charge in [0.2, 0.25) is 0 Å². The van der Waals surface area contributed by atoms with Gasteiger partial charge in [0.05, 0.1) is 0 Å². The minimum atomic E-state index is 1.03. The first-order valence-electron chi connectivity index (χ1n) is 3.54. The van der Waals surface area contributed by atoms with Crippen LogP contribution in [0.3, 0.4) is 0 Å². The molecule has 2 rings (SSSR count). The second kappa shape index (κ2) is 1.37. The van der Waals surface area contributed by atoms with Gasteiger partial charge >= 0.3 is 0 Å². The van der Waals surface area contributed by atoms with E-state index in [0.29, 0.717) is 0 Å². The first kappa shape index (κ1) is 4.60. The molecule has 1 fully saturated rings. The number of hydrogen-bond donors (Lipinski definition) is 0. The molecule has 0 saturated heterocycles. The first-order chi connectivity index (χ1) is 3.88. The molecule has 0 N–H and O–H groups in total. The van der Waals surface area contributed by atoms with E-state index in [0.717, 1.165) is 11.8 Å². The van der Waals surface area contributed by atoms with Crippen molar-refractivity contribution < 1.29 is 0 Å². The van der Waals surface area contributed by atoms with Gasteiger partial charge in [-0.3, -0.25) is 0 Å². The van der Waals surface area contributed by atoms with Crippen LogP contribution in [-0.4, -0.2) is 0 Å². The van der Waals surface area contributed by atoms with Crippen LogP contribution in [0, 0.1) is 11.8 Å². The summed E-state index contributed by atoms with van der Waals surface area (Å²) in [5.74, 6) is 2.14. The van der Waals surface area contributed by atoms with Gasteiger partial charge in [0, 0.05) is 0 Å². The second-order valence-corrected chi connectivity index (χ2v) is 3.13. The van der Waals surface area contributed by atoms with Crippen molar-refractivity contribution in [2.24, 2.45) is 11.8 Å². The Bertz CT molecular complexity index is 133. The summed E-state index contributed by atoms with van der Waals surface area (Å²) in [6.45, 7) is 2.28. The molecule has 0 aromatic heterocycles. The van der Waals surface area contributed by atoms with Crippen LogP contribution in [0.5, 0.6) is 0 Å². The molecule has 0 spiro atoms. The maximum absolute atomic E-state index is 2.41. The minimum absolute atomic E-state index is 1.03. The van der Waals surface area contributed by atoms with Gasteiger partial charge in [-0.2, -0.15) is 0 Å². The Balaban J connectivity index is 2.18. The van der Waals surface area contributed by atoms with Crippen LogP contribution in [0.4, 0.5) is 0 Å². The van der Waals surface area contributed by atoms with E-state index in [2.05, 4.69) is 13.0 Å². The van der Waals surface area contributed by atoms with Crippen LogP contribution >= 0.6 is 0 Å². The smallest absolute Gasteiger partial charge is 0.0174 e. The third-order valence-electron chi connectivity index (χ3n) is 2.51. The quantitative estimate of drug-likeness (QED) is 0.418. The van der Waals surface area contributed by atoms with E-state index in [4.69, 9.17) is 0 Å². The summed E-state index contributed by atoms with van der Waals surface area (Å²) in [4.78, 5) is 0. The van der Waals surface area contributed by atoms with Gasteiger partial charge < -0.3 is 0 Å². The van der Waals surface area contributed by atoms with E-state index in [9.17, 15) is 0 Å². The molecule has 0 amide bonds. The molecular weight excluding hydrogens is 96.1 g/mol. The summed E-state index contributed by atoms with van der Waals surface area (Å²) < 4.78 is 0. The fourth-order valence-electron chi connectivity index (χ4n) is 1.80. The highest BCUT2D eigenvalue weighted by Gasteiger charge is 2.38. The van der Waals surface area contributed by atoms with Crippen LogP contribution in [0.15, 0.2) is 11.6 Å². The fourth-order valence-corrected chi connectivity index (χ4v) is 1.80. The van der Waals surface area contributed by atoms with E-state index in [1.807, 2.05) is 0 Å². The van der Waals surface area contributed by atoms with E-state index >= 15 is 0 Å². The molecule has 0 radical (unpaired) electrons. The zero-order valence-corrected chi connectivity index (χ0v) is 5.35. The number of fused-ring (bicyclic) bond motifs is 1. The molecule has 0 aromatic rings. The maximum atomic E-state index is 2.41. The fraction of sp³-hybridized carbons (Fsp3) is 0.750. The molecule has 1 unspecified atom stereocenters. The molecule has 1 saturated carbocycles. The Labute approximate surface area is 50.6 Å². The monoisotopic (exact) mass is 108 g/mol. The third-order valence-corrected chi connectivity index (χ3v) is 2.51. The van der Waals surface area contributed by atoms with Crippen LogP contribution in [0.25, 0.3) is 0 Å². The summed E-state index contributed by atoms with van der Waals surface area (Å²) in [7, 11) is 0. The van der Waals surface area contributed by atoms with Crippen molar-refractivity contribution in [2.45, 2.75) is 26.2 Å². The Morgan fingerprint density at radius 3 is 3.12 bits per heavy atom. The Morgan fingerprint density at radius 2 is 2.50 bits per heavy atom. The Hall–Kier alpha value is -0.260. The highest BCUT2D eigenvalue weighted by atomic mass is 14.4. The highest BCUT2D eigenvalue weighted by molar-refractivity contribution is 5.16. The van der Waals surface area contributed by atoms with Gasteiger partial charge in [-0.15, -0.1) is 0 Å². The molecule has 0 aromatic carbocycles. The normalized spacial score (nSPS) is 42.9. The van der Waals surface area contributed by atoms with Crippen molar-refractivity contribution in [3.63, 3.8) is 0 Å².